The number of fused-ring (bicyclic) bond motifs is 2. The number of aromatic amines is 2. The number of aromatic nitrogens is 6. The maximum atomic E-state index is 4.66. The first kappa shape index (κ1) is 21.5. The van der Waals surface area contributed by atoms with Crippen molar-refractivity contribution in [2.45, 2.75) is 19.3 Å². The molecule has 3 N–H and O–H groups in total. The third-order valence-corrected chi connectivity index (χ3v) is 7.32. The minimum absolute atomic E-state index is 0.568. The number of allylic oxidation sites excluding steroid dienone is 1. The van der Waals surface area contributed by atoms with Crippen LogP contribution in [-0.4, -0.2) is 30.1 Å². The lowest BCUT2D eigenvalue weighted by molar-refractivity contribution is 0.371. The van der Waals surface area contributed by atoms with Gasteiger partial charge in [-0.3, -0.25) is 15.1 Å². The molecule has 1 aliphatic rings. The maximum Gasteiger partial charge on any atom is 0.138 e. The van der Waals surface area contributed by atoms with Gasteiger partial charge in [-0.2, -0.15) is 5.10 Å². The normalized spacial score (nSPS) is 13.6. The minimum Gasteiger partial charge on any atom is -0.358 e. The maximum absolute atomic E-state index is 4.66. The first-order chi connectivity index (χ1) is 18.2. The Kier molecular flexibility index (Phi) is 5.06. The molecule has 37 heavy (non-hydrogen) atoms. The Morgan fingerprint density at radius 1 is 0.865 bits per heavy atom. The number of hydrogen-bond acceptors (Lipinski definition) is 5. The quantitative estimate of drug-likeness (QED) is 0.238. The van der Waals surface area contributed by atoms with Gasteiger partial charge >= 0.3 is 0 Å². The minimum atomic E-state index is 0.568. The topological polar surface area (TPSA) is 95.2 Å². The molecule has 0 aliphatic heterocycles. The number of hydrogen-bond donors (Lipinski definition) is 3. The van der Waals surface area contributed by atoms with Gasteiger partial charge in [0.15, 0.2) is 0 Å². The van der Waals surface area contributed by atoms with Gasteiger partial charge in [0.05, 0.1) is 23.1 Å². The number of rotatable bonds is 6. The van der Waals surface area contributed by atoms with E-state index >= 15 is 0 Å². The summed E-state index contributed by atoms with van der Waals surface area (Å²) in [6, 6.07) is 16.6. The van der Waals surface area contributed by atoms with E-state index in [1.807, 2.05) is 36.8 Å². The van der Waals surface area contributed by atoms with Crippen LogP contribution in [0.1, 0.15) is 19.3 Å². The van der Waals surface area contributed by atoms with E-state index in [9.17, 15) is 0 Å². The summed E-state index contributed by atoms with van der Waals surface area (Å²) in [6.45, 7) is 4.23. The highest BCUT2D eigenvalue weighted by molar-refractivity contribution is 6.00. The number of nitrogens with zero attached hydrogens (tertiary/aromatic N) is 4. The second-order valence-electron chi connectivity index (χ2n) is 9.61. The third-order valence-electron chi connectivity index (χ3n) is 7.32. The Hall–Kier alpha value is -4.78. The van der Waals surface area contributed by atoms with E-state index in [0.29, 0.717) is 5.92 Å². The number of H-pyrrole nitrogens is 2. The Morgan fingerprint density at radius 2 is 1.76 bits per heavy atom. The highest BCUT2D eigenvalue weighted by Crippen LogP contribution is 2.36. The second kappa shape index (κ2) is 8.71. The average molecular weight is 484 g/mol. The standard InChI is InChI=1S/C30H25N7/c1-18(19-3-2-4-19)34-23-13-22(16-32-17-23)21-5-6-27-26(14-21)29(37-36-27)28-15-25-24(9-12-33-30(25)35-28)20-7-10-31-11-8-20/h5-17,19,34H,1-4H2,(H,33,35)(H,36,37). The summed E-state index contributed by atoms with van der Waals surface area (Å²) in [6.07, 6.45) is 12.9. The zero-order chi connectivity index (χ0) is 24.8. The molecule has 0 amide bonds. The van der Waals surface area contributed by atoms with E-state index in [-0.39, 0.29) is 0 Å². The van der Waals surface area contributed by atoms with Crippen molar-refractivity contribution in [3.05, 3.63) is 91.8 Å². The van der Waals surface area contributed by atoms with Crippen LogP contribution in [0.3, 0.4) is 0 Å². The summed E-state index contributed by atoms with van der Waals surface area (Å²) in [5, 5.41) is 13.4. The molecule has 1 aliphatic carbocycles. The molecule has 5 heterocycles. The SMILES string of the molecule is C=C(Nc1cncc(-c2ccc3[nH]nc(-c4cc5c(-c6ccncc6)ccnc5[nH]4)c3c2)c1)C1CCC1. The van der Waals surface area contributed by atoms with E-state index in [4.69, 9.17) is 0 Å². The van der Waals surface area contributed by atoms with Crippen LogP contribution in [0.5, 0.6) is 0 Å². The molecule has 1 fully saturated rings. The number of benzene rings is 1. The van der Waals surface area contributed by atoms with Crippen molar-refractivity contribution in [3.8, 4) is 33.6 Å². The molecule has 7 rings (SSSR count). The smallest absolute Gasteiger partial charge is 0.138 e. The van der Waals surface area contributed by atoms with Gasteiger partial charge < -0.3 is 10.3 Å². The van der Waals surface area contributed by atoms with Gasteiger partial charge in [0, 0.05) is 46.8 Å². The highest BCUT2D eigenvalue weighted by atomic mass is 15.1. The van der Waals surface area contributed by atoms with Gasteiger partial charge in [-0.25, -0.2) is 4.98 Å². The largest absolute Gasteiger partial charge is 0.358 e. The molecule has 0 atom stereocenters. The predicted octanol–water partition coefficient (Wildman–Crippen LogP) is 6.96. The van der Waals surface area contributed by atoms with Crippen molar-refractivity contribution in [1.29, 1.82) is 0 Å². The van der Waals surface area contributed by atoms with E-state index in [2.05, 4.69) is 72.4 Å². The van der Waals surface area contributed by atoms with Gasteiger partial charge in [-0.15, -0.1) is 0 Å². The molecule has 6 aromatic rings. The molecule has 1 saturated carbocycles. The van der Waals surface area contributed by atoms with Crippen molar-refractivity contribution >= 4 is 27.6 Å². The van der Waals surface area contributed by atoms with Crippen molar-refractivity contribution in [1.82, 2.24) is 30.1 Å². The molecule has 5 aromatic heterocycles. The number of nitrogens with one attached hydrogen (secondary N) is 3. The summed E-state index contributed by atoms with van der Waals surface area (Å²) in [5.74, 6) is 0.568. The van der Waals surface area contributed by atoms with Crippen molar-refractivity contribution in [2.75, 3.05) is 5.32 Å². The predicted molar refractivity (Wildman–Crippen MR) is 148 cm³/mol. The summed E-state index contributed by atoms with van der Waals surface area (Å²) in [4.78, 5) is 16.7. The molecule has 1 aromatic carbocycles. The molecule has 0 radical (unpaired) electrons. The summed E-state index contributed by atoms with van der Waals surface area (Å²) < 4.78 is 0. The molecule has 0 unspecified atom stereocenters. The Bertz CT molecular complexity index is 1760. The van der Waals surface area contributed by atoms with Crippen molar-refractivity contribution < 1.29 is 0 Å². The first-order valence-corrected chi connectivity index (χ1v) is 12.5. The molecule has 180 valence electrons. The molecule has 7 heteroatoms. The van der Waals surface area contributed by atoms with E-state index < -0.39 is 0 Å². The van der Waals surface area contributed by atoms with Crippen LogP contribution in [0, 0.1) is 5.92 Å². The van der Waals surface area contributed by atoms with Crippen LogP contribution in [0.15, 0.2) is 91.8 Å². The summed E-state index contributed by atoms with van der Waals surface area (Å²) in [7, 11) is 0. The fourth-order valence-corrected chi connectivity index (χ4v) is 5.05. The second-order valence-corrected chi connectivity index (χ2v) is 9.61. The van der Waals surface area contributed by atoms with Crippen LogP contribution >= 0.6 is 0 Å². The van der Waals surface area contributed by atoms with Gasteiger partial charge in [0.2, 0.25) is 0 Å². The van der Waals surface area contributed by atoms with E-state index in [1.54, 1.807) is 12.4 Å². The summed E-state index contributed by atoms with van der Waals surface area (Å²) >= 11 is 0. The van der Waals surface area contributed by atoms with Crippen LogP contribution in [0.2, 0.25) is 0 Å². The third kappa shape index (κ3) is 3.85. The van der Waals surface area contributed by atoms with E-state index in [1.165, 1.54) is 19.3 Å². The van der Waals surface area contributed by atoms with Crippen molar-refractivity contribution in [3.63, 3.8) is 0 Å². The lowest BCUT2D eigenvalue weighted by Gasteiger charge is -2.28. The highest BCUT2D eigenvalue weighted by Gasteiger charge is 2.20. The van der Waals surface area contributed by atoms with Gasteiger partial charge in [-0.1, -0.05) is 19.1 Å². The molecular formula is C30H25N7. The molecule has 7 nitrogen and oxygen atoms in total. The fraction of sp³-hybridized carbons (Fsp3) is 0.133. The number of pyridine rings is 3. The monoisotopic (exact) mass is 483 g/mol. The van der Waals surface area contributed by atoms with Crippen LogP contribution in [0.4, 0.5) is 5.69 Å². The van der Waals surface area contributed by atoms with Gasteiger partial charge in [0.25, 0.3) is 0 Å². The lowest BCUT2D eigenvalue weighted by Crippen LogP contribution is -2.18. The fourth-order valence-electron chi connectivity index (χ4n) is 5.05. The van der Waals surface area contributed by atoms with Crippen LogP contribution in [-0.2, 0) is 0 Å². The zero-order valence-electron chi connectivity index (χ0n) is 20.2. The number of anilines is 1. The first-order valence-electron chi connectivity index (χ1n) is 12.5. The molecule has 0 spiro atoms. The van der Waals surface area contributed by atoms with Crippen LogP contribution < -0.4 is 5.32 Å². The van der Waals surface area contributed by atoms with Crippen LogP contribution in [0.25, 0.3) is 55.6 Å². The van der Waals surface area contributed by atoms with Gasteiger partial charge in [-0.05, 0) is 77.9 Å². The van der Waals surface area contributed by atoms with E-state index in [0.717, 1.165) is 67.0 Å². The zero-order valence-corrected chi connectivity index (χ0v) is 20.2. The Balaban J connectivity index is 1.26. The Morgan fingerprint density at radius 3 is 2.59 bits per heavy atom. The lowest BCUT2D eigenvalue weighted by atomic mass is 9.83. The molecule has 0 saturated heterocycles. The Labute approximate surface area is 213 Å². The average Bonchev–Trinajstić information content (AvgIpc) is 3.52. The van der Waals surface area contributed by atoms with Gasteiger partial charge in [0.1, 0.15) is 11.3 Å². The molecular weight excluding hydrogens is 458 g/mol. The molecule has 0 bridgehead atoms. The van der Waals surface area contributed by atoms with Crippen molar-refractivity contribution in [2.24, 2.45) is 5.92 Å². The summed E-state index contributed by atoms with van der Waals surface area (Å²) in [5.41, 5.74) is 9.94.